The average Bonchev–Trinajstić information content (AvgIpc) is 2.64. The van der Waals surface area contributed by atoms with Gasteiger partial charge in [0, 0.05) is 37.9 Å². The first kappa shape index (κ1) is 18.4. The zero-order valence-electron chi connectivity index (χ0n) is 15.1. The highest BCUT2D eigenvalue weighted by molar-refractivity contribution is 5.98. The van der Waals surface area contributed by atoms with Gasteiger partial charge in [-0.1, -0.05) is 20.3 Å². The number of rotatable bonds is 6. The Labute approximate surface area is 145 Å². The van der Waals surface area contributed by atoms with Crippen molar-refractivity contribution in [3.63, 3.8) is 0 Å². The molecule has 1 aliphatic rings. The SMILES string of the molecule is CCCCN(C)C(=O)c1cc(C(=O)N2CCCCC2CC)ccn1. The Bertz CT molecular complexity index is 573. The number of hydrogen-bond donors (Lipinski definition) is 0. The molecule has 1 aromatic rings. The van der Waals surface area contributed by atoms with Gasteiger partial charge in [-0.3, -0.25) is 14.6 Å². The number of carbonyl (C=O) groups excluding carboxylic acids is 2. The molecule has 0 bridgehead atoms. The molecule has 5 nitrogen and oxygen atoms in total. The normalized spacial score (nSPS) is 17.6. The molecule has 24 heavy (non-hydrogen) atoms. The zero-order valence-corrected chi connectivity index (χ0v) is 15.1. The smallest absolute Gasteiger partial charge is 0.272 e. The molecule has 1 unspecified atom stereocenters. The minimum Gasteiger partial charge on any atom is -0.340 e. The van der Waals surface area contributed by atoms with E-state index in [-0.39, 0.29) is 11.8 Å². The number of amides is 2. The summed E-state index contributed by atoms with van der Waals surface area (Å²) < 4.78 is 0. The van der Waals surface area contributed by atoms with Crippen molar-refractivity contribution >= 4 is 11.8 Å². The van der Waals surface area contributed by atoms with Crippen molar-refractivity contribution in [2.45, 2.75) is 58.4 Å². The summed E-state index contributed by atoms with van der Waals surface area (Å²) in [5.74, 6) is -0.0991. The molecular formula is C19H29N3O2. The van der Waals surface area contributed by atoms with Crippen LogP contribution in [0.15, 0.2) is 18.3 Å². The van der Waals surface area contributed by atoms with E-state index >= 15 is 0 Å². The van der Waals surface area contributed by atoms with E-state index in [4.69, 9.17) is 0 Å². The molecule has 5 heteroatoms. The summed E-state index contributed by atoms with van der Waals surface area (Å²) in [6, 6.07) is 3.67. The third-order valence-electron chi connectivity index (χ3n) is 4.78. The molecule has 0 aromatic carbocycles. The molecular weight excluding hydrogens is 302 g/mol. The first-order chi connectivity index (χ1) is 11.6. The Morgan fingerprint density at radius 2 is 2.12 bits per heavy atom. The second-order valence-electron chi connectivity index (χ2n) is 6.57. The number of hydrogen-bond acceptors (Lipinski definition) is 3. The number of aromatic nitrogens is 1. The van der Waals surface area contributed by atoms with Crippen LogP contribution in [-0.2, 0) is 0 Å². The Hall–Kier alpha value is -1.91. The molecule has 0 radical (unpaired) electrons. The van der Waals surface area contributed by atoms with Crippen LogP contribution in [0.5, 0.6) is 0 Å². The predicted molar refractivity (Wildman–Crippen MR) is 95.1 cm³/mol. The molecule has 2 heterocycles. The molecule has 0 spiro atoms. The lowest BCUT2D eigenvalue weighted by Crippen LogP contribution is -2.43. The Balaban J connectivity index is 2.14. The lowest BCUT2D eigenvalue weighted by Gasteiger charge is -2.35. The summed E-state index contributed by atoms with van der Waals surface area (Å²) in [5.41, 5.74) is 0.919. The fourth-order valence-electron chi connectivity index (χ4n) is 3.23. The summed E-state index contributed by atoms with van der Waals surface area (Å²) in [7, 11) is 1.78. The number of pyridine rings is 1. The van der Waals surface area contributed by atoms with Crippen molar-refractivity contribution in [1.29, 1.82) is 0 Å². The largest absolute Gasteiger partial charge is 0.340 e. The van der Waals surface area contributed by atoms with Gasteiger partial charge in [0.05, 0.1) is 0 Å². The van der Waals surface area contributed by atoms with Gasteiger partial charge in [0.15, 0.2) is 0 Å². The van der Waals surface area contributed by atoms with Crippen molar-refractivity contribution < 1.29 is 9.59 Å². The van der Waals surface area contributed by atoms with Gasteiger partial charge in [0.2, 0.25) is 0 Å². The van der Waals surface area contributed by atoms with Crippen LogP contribution < -0.4 is 0 Å². The van der Waals surface area contributed by atoms with Crippen LogP contribution in [0.2, 0.25) is 0 Å². The zero-order chi connectivity index (χ0) is 17.5. The maximum atomic E-state index is 12.9. The van der Waals surface area contributed by atoms with Crippen molar-refractivity contribution in [1.82, 2.24) is 14.8 Å². The number of likely N-dealkylation sites (tertiary alicyclic amines) is 1. The van der Waals surface area contributed by atoms with Crippen LogP contribution in [0.4, 0.5) is 0 Å². The van der Waals surface area contributed by atoms with Crippen molar-refractivity contribution in [3.8, 4) is 0 Å². The average molecular weight is 331 g/mol. The van der Waals surface area contributed by atoms with Gasteiger partial charge in [0.1, 0.15) is 5.69 Å². The first-order valence-corrected chi connectivity index (χ1v) is 9.11. The fraction of sp³-hybridized carbons (Fsp3) is 0.632. The van der Waals surface area contributed by atoms with Crippen LogP contribution in [-0.4, -0.2) is 52.8 Å². The van der Waals surface area contributed by atoms with Crippen LogP contribution in [0, 0.1) is 0 Å². The second-order valence-corrected chi connectivity index (χ2v) is 6.57. The molecule has 0 saturated carbocycles. The summed E-state index contributed by atoms with van der Waals surface area (Å²) in [6.07, 6.45) is 7.85. The lowest BCUT2D eigenvalue weighted by molar-refractivity contribution is 0.0608. The highest BCUT2D eigenvalue weighted by atomic mass is 16.2. The van der Waals surface area contributed by atoms with Crippen LogP contribution >= 0.6 is 0 Å². The van der Waals surface area contributed by atoms with E-state index in [1.165, 1.54) is 6.42 Å². The Morgan fingerprint density at radius 1 is 1.33 bits per heavy atom. The maximum absolute atomic E-state index is 12.9. The van der Waals surface area contributed by atoms with Gasteiger partial charge in [-0.15, -0.1) is 0 Å². The monoisotopic (exact) mass is 331 g/mol. The van der Waals surface area contributed by atoms with Crippen molar-refractivity contribution in [3.05, 3.63) is 29.6 Å². The Morgan fingerprint density at radius 3 is 2.83 bits per heavy atom. The topological polar surface area (TPSA) is 53.5 Å². The molecule has 1 atom stereocenters. The molecule has 1 fully saturated rings. The lowest BCUT2D eigenvalue weighted by atomic mass is 9.99. The van der Waals surface area contributed by atoms with E-state index in [1.807, 2.05) is 4.90 Å². The first-order valence-electron chi connectivity index (χ1n) is 9.11. The second kappa shape index (κ2) is 8.81. The van der Waals surface area contributed by atoms with E-state index < -0.39 is 0 Å². The minimum absolute atomic E-state index is 0.0224. The standard InChI is InChI=1S/C19H29N3O2/c1-4-6-12-21(3)19(24)17-14-15(10-11-20-17)18(23)22-13-8-7-9-16(22)5-2/h10-11,14,16H,4-9,12-13H2,1-3H3. The maximum Gasteiger partial charge on any atom is 0.272 e. The fourth-order valence-corrected chi connectivity index (χ4v) is 3.23. The van der Waals surface area contributed by atoms with Gasteiger partial charge in [-0.25, -0.2) is 0 Å². The van der Waals surface area contributed by atoms with Crippen LogP contribution in [0.1, 0.15) is 73.2 Å². The number of nitrogens with zero attached hydrogens (tertiary/aromatic N) is 3. The van der Waals surface area contributed by atoms with Crippen molar-refractivity contribution in [2.24, 2.45) is 0 Å². The highest BCUT2D eigenvalue weighted by Gasteiger charge is 2.26. The van der Waals surface area contributed by atoms with Gasteiger partial charge in [-0.05, 0) is 44.2 Å². The molecule has 2 amide bonds. The van der Waals surface area contributed by atoms with E-state index in [0.717, 1.165) is 38.6 Å². The summed E-state index contributed by atoms with van der Waals surface area (Å²) in [4.78, 5) is 33.1. The van der Waals surface area contributed by atoms with Crippen molar-refractivity contribution in [2.75, 3.05) is 20.1 Å². The quantitative estimate of drug-likeness (QED) is 0.803. The summed E-state index contributed by atoms with van der Waals surface area (Å²) >= 11 is 0. The molecule has 132 valence electrons. The van der Waals surface area contributed by atoms with Crippen LogP contribution in [0.25, 0.3) is 0 Å². The van der Waals surface area contributed by atoms with Gasteiger partial charge in [0.25, 0.3) is 11.8 Å². The summed E-state index contributed by atoms with van der Waals surface area (Å²) in [5, 5.41) is 0. The Kier molecular flexibility index (Phi) is 6.76. The minimum atomic E-state index is -0.121. The number of piperidine rings is 1. The number of unbranched alkanes of at least 4 members (excludes halogenated alkanes) is 1. The molecule has 1 saturated heterocycles. The molecule has 0 aliphatic carbocycles. The van der Waals surface area contributed by atoms with Crippen LogP contribution in [0.3, 0.4) is 0 Å². The predicted octanol–water partition coefficient (Wildman–Crippen LogP) is 3.36. The number of carbonyl (C=O) groups is 2. The van der Waals surface area contributed by atoms with E-state index in [2.05, 4.69) is 18.8 Å². The highest BCUT2D eigenvalue weighted by Crippen LogP contribution is 2.22. The van der Waals surface area contributed by atoms with Gasteiger partial charge in [-0.2, -0.15) is 0 Å². The molecule has 1 aliphatic heterocycles. The van der Waals surface area contributed by atoms with E-state index in [0.29, 0.717) is 23.8 Å². The van der Waals surface area contributed by atoms with Gasteiger partial charge < -0.3 is 9.80 Å². The molecule has 1 aromatic heterocycles. The third-order valence-corrected chi connectivity index (χ3v) is 4.78. The van der Waals surface area contributed by atoms with Gasteiger partial charge >= 0.3 is 0 Å². The summed E-state index contributed by atoms with van der Waals surface area (Å²) in [6.45, 7) is 5.73. The van der Waals surface area contributed by atoms with E-state index in [1.54, 1.807) is 30.3 Å². The van der Waals surface area contributed by atoms with E-state index in [9.17, 15) is 9.59 Å². The third kappa shape index (κ3) is 4.34. The molecule has 2 rings (SSSR count). The molecule has 0 N–H and O–H groups in total.